The zero-order valence-electron chi connectivity index (χ0n) is 8.76. The molecule has 0 saturated heterocycles. The fourth-order valence-electron chi connectivity index (χ4n) is 0.427. The van der Waals surface area contributed by atoms with Crippen molar-refractivity contribution in [1.29, 1.82) is 15.8 Å². The predicted octanol–water partition coefficient (Wildman–Crippen LogP) is -0.190. The number of thiocyanates is 3. The molecule has 0 unspecified atom stereocenters. The maximum absolute atomic E-state index is 7.18. The number of nitrogen functional groups attached to an aromatic ring is 3. The number of hydrogen-bond acceptors (Lipinski definition) is 12. The average Bonchev–Trinajstić information content (AvgIpc) is 2.18. The van der Waals surface area contributed by atoms with E-state index in [-0.39, 0.29) is 17.8 Å². The maximum atomic E-state index is 7.18. The fourth-order valence-corrected chi connectivity index (χ4v) is 0.427. The quantitative estimate of drug-likeness (QED) is 0.278. The number of anilines is 3. The molecule has 6 N–H and O–H groups in total. The van der Waals surface area contributed by atoms with Crippen LogP contribution in [0.5, 0.6) is 0 Å². The van der Waals surface area contributed by atoms with E-state index in [0.717, 1.165) is 0 Å². The summed E-state index contributed by atoms with van der Waals surface area (Å²) in [4.78, 5) is 10.5. The Labute approximate surface area is 120 Å². The van der Waals surface area contributed by atoms with Gasteiger partial charge in [-0.15, -0.1) is 0 Å². The highest BCUT2D eigenvalue weighted by Gasteiger charge is 1.93. The Morgan fingerprint density at radius 1 is 0.667 bits per heavy atom. The summed E-state index contributed by atoms with van der Waals surface area (Å²) < 4.78 is 0. The van der Waals surface area contributed by atoms with E-state index in [1.54, 1.807) is 0 Å². The summed E-state index contributed by atoms with van der Waals surface area (Å²) in [5.41, 5.74) is 15.4. The molecule has 0 aromatic carbocycles. The molecule has 0 saturated carbocycles. The SMILES string of the molecule is N#CS.N#CS.N#CS.Nc1nc(N)nc(N)n1. The van der Waals surface area contributed by atoms with Crippen molar-refractivity contribution in [2.24, 2.45) is 0 Å². The lowest BCUT2D eigenvalue weighted by atomic mass is 10.9. The first kappa shape index (κ1) is 21.2. The van der Waals surface area contributed by atoms with E-state index in [0.29, 0.717) is 0 Å². The van der Waals surface area contributed by atoms with Gasteiger partial charge in [-0.3, -0.25) is 0 Å². The molecule has 1 aromatic rings. The molecule has 0 aliphatic rings. The van der Waals surface area contributed by atoms with E-state index >= 15 is 0 Å². The van der Waals surface area contributed by atoms with Crippen molar-refractivity contribution in [2.45, 2.75) is 0 Å². The second kappa shape index (κ2) is 17.3. The number of nitrogens with zero attached hydrogens (tertiary/aromatic N) is 6. The molecular weight excluding hydrogens is 294 g/mol. The van der Waals surface area contributed by atoms with Gasteiger partial charge in [-0.25, -0.2) is 0 Å². The van der Waals surface area contributed by atoms with Crippen molar-refractivity contribution in [3.05, 3.63) is 0 Å². The number of nitriles is 3. The third kappa shape index (κ3) is 23.6. The lowest BCUT2D eigenvalue weighted by Crippen LogP contribution is -2.05. The molecule has 96 valence electrons. The van der Waals surface area contributed by atoms with Gasteiger partial charge in [0.25, 0.3) is 0 Å². The van der Waals surface area contributed by atoms with E-state index < -0.39 is 0 Å². The van der Waals surface area contributed by atoms with E-state index in [9.17, 15) is 0 Å². The Kier molecular flexibility index (Phi) is 20.4. The highest BCUT2D eigenvalue weighted by atomic mass is 32.1. The lowest BCUT2D eigenvalue weighted by Gasteiger charge is -1.93. The molecule has 0 aliphatic carbocycles. The molecule has 0 fully saturated rings. The number of nitrogens with two attached hydrogens (primary N) is 3. The maximum Gasteiger partial charge on any atom is 0.226 e. The molecular formula is C6H9N9S3. The standard InChI is InChI=1S/C3H6N6.3CHNS/c4-1-7-2(5)9-3(6)8-1;3*2-1-3/h(H6,4,5,6,7,8,9);3*3H. The Morgan fingerprint density at radius 2 is 0.778 bits per heavy atom. The van der Waals surface area contributed by atoms with Gasteiger partial charge < -0.3 is 17.2 Å². The molecule has 0 amide bonds. The number of hydrogen-bond donors (Lipinski definition) is 6. The topological polar surface area (TPSA) is 188 Å². The molecule has 0 aliphatic heterocycles. The van der Waals surface area contributed by atoms with Gasteiger partial charge in [-0.2, -0.15) is 30.7 Å². The highest BCUT2D eigenvalue weighted by Crippen LogP contribution is 1.97. The number of thiol groups is 3. The van der Waals surface area contributed by atoms with E-state index in [1.807, 2.05) is 0 Å². The summed E-state index contributed by atoms with van der Waals surface area (Å²) in [7, 11) is 0. The monoisotopic (exact) mass is 303 g/mol. The van der Waals surface area contributed by atoms with E-state index in [1.165, 1.54) is 16.2 Å². The zero-order chi connectivity index (χ0) is 15.0. The van der Waals surface area contributed by atoms with Crippen LogP contribution in [0.3, 0.4) is 0 Å². The summed E-state index contributed by atoms with van der Waals surface area (Å²) in [6.07, 6.45) is 0. The van der Waals surface area contributed by atoms with Crippen molar-refractivity contribution < 1.29 is 0 Å². The summed E-state index contributed by atoms with van der Waals surface area (Å²) in [5, 5.41) is 25.9. The molecule has 1 aromatic heterocycles. The highest BCUT2D eigenvalue weighted by molar-refractivity contribution is 7.85. The van der Waals surface area contributed by atoms with Crippen LogP contribution in [0.1, 0.15) is 0 Å². The van der Waals surface area contributed by atoms with Crippen LogP contribution < -0.4 is 17.2 Å². The van der Waals surface area contributed by atoms with Crippen molar-refractivity contribution in [3.63, 3.8) is 0 Å². The molecule has 1 rings (SSSR count). The summed E-state index contributed by atoms with van der Waals surface area (Å²) in [6, 6.07) is 0. The van der Waals surface area contributed by atoms with E-state index in [2.05, 4.69) is 52.8 Å². The third-order valence-corrected chi connectivity index (χ3v) is 0.687. The smallest absolute Gasteiger partial charge is 0.226 e. The Bertz CT molecular complexity index is 364. The second-order valence-corrected chi connectivity index (χ2v) is 2.31. The van der Waals surface area contributed by atoms with Gasteiger partial charge in [0.05, 0.1) is 0 Å². The van der Waals surface area contributed by atoms with Gasteiger partial charge in [0, 0.05) is 0 Å². The van der Waals surface area contributed by atoms with Crippen LogP contribution in [0.2, 0.25) is 0 Å². The predicted molar refractivity (Wildman–Crippen MR) is 76.9 cm³/mol. The van der Waals surface area contributed by atoms with Crippen LogP contribution in [0, 0.1) is 32.0 Å². The summed E-state index contributed by atoms with van der Waals surface area (Å²) >= 11 is 9.28. The van der Waals surface area contributed by atoms with Crippen LogP contribution in [0.15, 0.2) is 0 Å². The number of aromatic nitrogens is 3. The van der Waals surface area contributed by atoms with Gasteiger partial charge >= 0.3 is 0 Å². The lowest BCUT2D eigenvalue weighted by molar-refractivity contribution is 1.09. The van der Waals surface area contributed by atoms with Crippen LogP contribution >= 0.6 is 37.9 Å². The van der Waals surface area contributed by atoms with Crippen molar-refractivity contribution in [2.75, 3.05) is 17.2 Å². The Morgan fingerprint density at radius 3 is 0.889 bits per heavy atom. The first-order chi connectivity index (χ1) is 8.42. The minimum atomic E-state index is 0.0417. The molecule has 0 bridgehead atoms. The molecule has 0 atom stereocenters. The zero-order valence-corrected chi connectivity index (χ0v) is 11.4. The van der Waals surface area contributed by atoms with Crippen LogP contribution in [0.25, 0.3) is 0 Å². The minimum Gasteiger partial charge on any atom is -0.368 e. The summed E-state index contributed by atoms with van der Waals surface area (Å²) in [6.45, 7) is 0. The Hall–Kier alpha value is -2.07. The molecule has 12 heteroatoms. The van der Waals surface area contributed by atoms with Gasteiger partial charge in [-0.05, 0) is 0 Å². The fraction of sp³-hybridized carbons (Fsp3) is 0. The van der Waals surface area contributed by atoms with Gasteiger partial charge in [0.1, 0.15) is 16.2 Å². The average molecular weight is 303 g/mol. The van der Waals surface area contributed by atoms with E-state index in [4.69, 9.17) is 33.0 Å². The van der Waals surface area contributed by atoms with Crippen LogP contribution in [-0.4, -0.2) is 15.0 Å². The Balaban J connectivity index is -0.000000210. The molecule has 0 spiro atoms. The van der Waals surface area contributed by atoms with Gasteiger partial charge in [0.2, 0.25) is 17.8 Å². The van der Waals surface area contributed by atoms with Crippen molar-refractivity contribution in [3.8, 4) is 16.2 Å². The van der Waals surface area contributed by atoms with Crippen LogP contribution in [-0.2, 0) is 0 Å². The number of rotatable bonds is 0. The minimum absolute atomic E-state index is 0.0417. The van der Waals surface area contributed by atoms with Gasteiger partial charge in [-0.1, -0.05) is 37.9 Å². The molecule has 1 heterocycles. The van der Waals surface area contributed by atoms with Crippen LogP contribution in [0.4, 0.5) is 17.8 Å². The first-order valence-electron chi connectivity index (χ1n) is 3.55. The summed E-state index contributed by atoms with van der Waals surface area (Å²) in [5.74, 6) is 0.125. The van der Waals surface area contributed by atoms with Crippen molar-refractivity contribution >= 4 is 55.7 Å². The van der Waals surface area contributed by atoms with Gasteiger partial charge in [0.15, 0.2) is 0 Å². The molecule has 9 nitrogen and oxygen atoms in total. The third-order valence-electron chi connectivity index (χ3n) is 0.687. The second-order valence-electron chi connectivity index (χ2n) is 1.71. The molecule has 0 radical (unpaired) electrons. The molecule has 18 heavy (non-hydrogen) atoms. The largest absolute Gasteiger partial charge is 0.368 e. The normalized spacial score (nSPS) is 6.00. The van der Waals surface area contributed by atoms with Crippen molar-refractivity contribution in [1.82, 2.24) is 15.0 Å². The first-order valence-corrected chi connectivity index (χ1v) is 4.89.